The Morgan fingerprint density at radius 2 is 1.90 bits per heavy atom. The third-order valence-electron chi connectivity index (χ3n) is 2.76. The molecule has 0 amide bonds. The standard InChI is InChI=1S/C11H5IN2O7/c12-21-10-6(11(15)16)4-5-2-1-3-7(13(17)18)8(5)9(10)14(19)20/h1-4H,(H,15,16). The summed E-state index contributed by atoms with van der Waals surface area (Å²) in [5.74, 6) is -1.96. The average Bonchev–Trinajstić information content (AvgIpc) is 2.43. The first-order chi connectivity index (χ1) is 9.88. The highest BCUT2D eigenvalue weighted by Crippen LogP contribution is 2.43. The third-order valence-corrected chi connectivity index (χ3v) is 3.20. The fourth-order valence-electron chi connectivity index (χ4n) is 1.96. The van der Waals surface area contributed by atoms with E-state index >= 15 is 0 Å². The van der Waals surface area contributed by atoms with Crippen LogP contribution in [0.3, 0.4) is 0 Å². The van der Waals surface area contributed by atoms with E-state index in [1.165, 1.54) is 35.1 Å². The molecule has 0 saturated heterocycles. The summed E-state index contributed by atoms with van der Waals surface area (Å²) in [4.78, 5) is 31.8. The maximum Gasteiger partial charge on any atom is 0.339 e. The van der Waals surface area contributed by atoms with Gasteiger partial charge in [0.25, 0.3) is 5.69 Å². The van der Waals surface area contributed by atoms with Gasteiger partial charge in [-0.2, -0.15) is 0 Å². The Balaban J connectivity index is 3.08. The van der Waals surface area contributed by atoms with Crippen molar-refractivity contribution in [2.45, 2.75) is 0 Å². The number of nitro groups is 2. The van der Waals surface area contributed by atoms with Gasteiger partial charge in [0, 0.05) is 6.07 Å². The third kappa shape index (κ3) is 2.44. The van der Waals surface area contributed by atoms with Crippen molar-refractivity contribution >= 4 is 51.1 Å². The Kier molecular flexibility index (Phi) is 3.88. The lowest BCUT2D eigenvalue weighted by Crippen LogP contribution is -2.04. The Morgan fingerprint density at radius 3 is 2.38 bits per heavy atom. The van der Waals surface area contributed by atoms with Crippen molar-refractivity contribution in [2.24, 2.45) is 0 Å². The summed E-state index contributed by atoms with van der Waals surface area (Å²) in [5.41, 5.74) is -1.68. The number of non-ortho nitro benzene ring substituents is 1. The number of nitrogens with zero attached hydrogens (tertiary/aromatic N) is 2. The molecule has 0 radical (unpaired) electrons. The van der Waals surface area contributed by atoms with E-state index < -0.39 is 38.5 Å². The second-order valence-electron chi connectivity index (χ2n) is 3.87. The van der Waals surface area contributed by atoms with Gasteiger partial charge in [-0.05, 0) is 11.5 Å². The number of fused-ring (bicyclic) bond motifs is 1. The van der Waals surface area contributed by atoms with Gasteiger partial charge in [-0.25, -0.2) is 4.79 Å². The van der Waals surface area contributed by atoms with Crippen LogP contribution >= 0.6 is 23.0 Å². The molecular formula is C11H5IN2O7. The number of carbonyl (C=O) groups is 1. The Bertz CT molecular complexity index is 790. The first-order valence-corrected chi connectivity index (χ1v) is 6.17. The minimum Gasteiger partial charge on any atom is -0.478 e. The van der Waals surface area contributed by atoms with Crippen LogP contribution in [-0.4, -0.2) is 20.9 Å². The monoisotopic (exact) mass is 404 g/mol. The second kappa shape index (κ2) is 5.47. The van der Waals surface area contributed by atoms with Gasteiger partial charge >= 0.3 is 11.7 Å². The average molecular weight is 404 g/mol. The predicted octanol–water partition coefficient (Wildman–Crippen LogP) is 3.08. The molecule has 2 rings (SSSR count). The summed E-state index contributed by atoms with van der Waals surface area (Å²) in [7, 11) is 0. The van der Waals surface area contributed by atoms with Crippen LogP contribution in [0.15, 0.2) is 24.3 Å². The molecule has 10 heteroatoms. The van der Waals surface area contributed by atoms with Crippen molar-refractivity contribution < 1.29 is 22.8 Å². The maximum absolute atomic E-state index is 11.3. The number of hydrogen-bond donors (Lipinski definition) is 1. The molecule has 0 aliphatic carbocycles. The second-order valence-corrected chi connectivity index (χ2v) is 4.31. The number of carboxylic acids is 1. The minimum atomic E-state index is -1.43. The molecule has 1 N–H and O–H groups in total. The molecular weight excluding hydrogens is 399 g/mol. The number of aromatic carboxylic acids is 1. The molecule has 0 bridgehead atoms. The molecule has 0 saturated carbocycles. The van der Waals surface area contributed by atoms with Gasteiger partial charge in [0.2, 0.25) is 5.75 Å². The Morgan fingerprint density at radius 1 is 1.24 bits per heavy atom. The van der Waals surface area contributed by atoms with E-state index in [4.69, 9.17) is 8.17 Å². The summed E-state index contributed by atoms with van der Waals surface area (Å²) in [6, 6.07) is 4.89. The quantitative estimate of drug-likeness (QED) is 0.470. The van der Waals surface area contributed by atoms with Gasteiger partial charge in [-0.1, -0.05) is 12.1 Å². The molecule has 0 aromatic heterocycles. The van der Waals surface area contributed by atoms with Crippen molar-refractivity contribution in [3.63, 3.8) is 0 Å². The van der Waals surface area contributed by atoms with Crippen molar-refractivity contribution in [2.75, 3.05) is 0 Å². The van der Waals surface area contributed by atoms with E-state index in [-0.39, 0.29) is 10.8 Å². The number of halogens is 1. The lowest BCUT2D eigenvalue weighted by molar-refractivity contribution is -0.390. The molecule has 21 heavy (non-hydrogen) atoms. The number of nitro benzene ring substituents is 2. The molecule has 2 aromatic carbocycles. The van der Waals surface area contributed by atoms with Gasteiger partial charge in [0.1, 0.15) is 10.9 Å². The Labute approximate surface area is 130 Å². The van der Waals surface area contributed by atoms with E-state index in [1.807, 2.05) is 0 Å². The molecule has 0 atom stereocenters. The first-order valence-electron chi connectivity index (χ1n) is 5.29. The number of carboxylic acid groups (broad SMARTS) is 1. The van der Waals surface area contributed by atoms with E-state index in [0.717, 1.165) is 12.1 Å². The van der Waals surface area contributed by atoms with Crippen LogP contribution in [0.1, 0.15) is 10.4 Å². The van der Waals surface area contributed by atoms with E-state index in [0.29, 0.717) is 0 Å². The van der Waals surface area contributed by atoms with Crippen LogP contribution in [0.5, 0.6) is 5.75 Å². The SMILES string of the molecule is O=C(O)c1cc2cccc([N+](=O)[O-])c2c([N+](=O)[O-])c1OI. The zero-order valence-corrected chi connectivity index (χ0v) is 12.1. The zero-order valence-electron chi connectivity index (χ0n) is 9.98. The van der Waals surface area contributed by atoms with Crippen LogP contribution in [0.2, 0.25) is 0 Å². The first kappa shape index (κ1) is 14.9. The molecule has 108 valence electrons. The van der Waals surface area contributed by atoms with Gasteiger partial charge in [0.05, 0.1) is 9.85 Å². The highest BCUT2D eigenvalue weighted by molar-refractivity contribution is 14.1. The van der Waals surface area contributed by atoms with Crippen molar-refractivity contribution in [3.8, 4) is 5.75 Å². The van der Waals surface area contributed by atoms with Crippen LogP contribution < -0.4 is 3.07 Å². The van der Waals surface area contributed by atoms with Gasteiger partial charge in [-0.15, -0.1) is 0 Å². The summed E-state index contributed by atoms with van der Waals surface area (Å²) < 4.78 is 4.77. The fourth-order valence-corrected chi connectivity index (χ4v) is 2.41. The van der Waals surface area contributed by atoms with Gasteiger partial charge in [-0.3, -0.25) is 20.2 Å². The number of rotatable bonds is 4. The lowest BCUT2D eigenvalue weighted by Gasteiger charge is -2.07. The van der Waals surface area contributed by atoms with Gasteiger partial charge < -0.3 is 8.17 Å². The van der Waals surface area contributed by atoms with Crippen LogP contribution in [0, 0.1) is 20.2 Å². The smallest absolute Gasteiger partial charge is 0.339 e. The van der Waals surface area contributed by atoms with E-state index in [2.05, 4.69) is 0 Å². The van der Waals surface area contributed by atoms with Gasteiger partial charge in [0.15, 0.2) is 23.0 Å². The van der Waals surface area contributed by atoms with E-state index in [1.54, 1.807) is 0 Å². The van der Waals surface area contributed by atoms with Crippen LogP contribution in [-0.2, 0) is 0 Å². The number of hydrogen-bond acceptors (Lipinski definition) is 6. The molecule has 0 spiro atoms. The van der Waals surface area contributed by atoms with Crippen molar-refractivity contribution in [1.29, 1.82) is 0 Å². The molecule has 0 aliphatic rings. The maximum atomic E-state index is 11.3. The Hall–Kier alpha value is -2.50. The summed E-state index contributed by atoms with van der Waals surface area (Å²) >= 11 is 1.30. The highest BCUT2D eigenvalue weighted by atomic mass is 127. The predicted molar refractivity (Wildman–Crippen MR) is 78.9 cm³/mol. The van der Waals surface area contributed by atoms with Crippen molar-refractivity contribution in [3.05, 3.63) is 50.1 Å². The molecule has 0 unspecified atom stereocenters. The largest absolute Gasteiger partial charge is 0.478 e. The van der Waals surface area contributed by atoms with Crippen LogP contribution in [0.25, 0.3) is 10.8 Å². The normalized spacial score (nSPS) is 10.3. The summed E-state index contributed by atoms with van der Waals surface area (Å²) in [5, 5.41) is 31.2. The molecule has 0 fully saturated rings. The lowest BCUT2D eigenvalue weighted by atomic mass is 10.0. The summed E-state index contributed by atoms with van der Waals surface area (Å²) in [6.07, 6.45) is 0. The van der Waals surface area contributed by atoms with E-state index in [9.17, 15) is 25.0 Å². The highest BCUT2D eigenvalue weighted by Gasteiger charge is 2.32. The number of benzene rings is 2. The zero-order chi connectivity index (χ0) is 15.7. The molecule has 0 heterocycles. The molecule has 0 aliphatic heterocycles. The minimum absolute atomic E-state index is 0.0745. The van der Waals surface area contributed by atoms with Crippen molar-refractivity contribution in [1.82, 2.24) is 0 Å². The molecule has 2 aromatic rings. The van der Waals surface area contributed by atoms with Crippen LogP contribution in [0.4, 0.5) is 11.4 Å². The fraction of sp³-hybridized carbons (Fsp3) is 0. The summed E-state index contributed by atoms with van der Waals surface area (Å²) in [6.45, 7) is 0. The molecule has 9 nitrogen and oxygen atoms in total. The topological polar surface area (TPSA) is 133 Å².